The normalized spacial score (nSPS) is 11.8. The average molecular weight is 308 g/mol. The highest BCUT2D eigenvalue weighted by Crippen LogP contribution is 2.18. The summed E-state index contributed by atoms with van der Waals surface area (Å²) in [6.07, 6.45) is 0. The fourth-order valence-electron chi connectivity index (χ4n) is 1.99. The molecule has 0 spiro atoms. The molecule has 2 rings (SSSR count). The molecule has 0 fully saturated rings. The van der Waals surface area contributed by atoms with Crippen LogP contribution in [-0.2, 0) is 23.1 Å². The van der Waals surface area contributed by atoms with Crippen molar-refractivity contribution in [3.05, 3.63) is 65.5 Å². The zero-order valence-electron chi connectivity index (χ0n) is 11.7. The van der Waals surface area contributed by atoms with E-state index in [4.69, 9.17) is 5.73 Å². The fraction of sp³-hybridized carbons (Fsp3) is 0.200. The van der Waals surface area contributed by atoms with E-state index in [1.807, 2.05) is 0 Å². The van der Waals surface area contributed by atoms with E-state index in [0.29, 0.717) is 5.56 Å². The maximum absolute atomic E-state index is 13.2. The van der Waals surface area contributed by atoms with Crippen molar-refractivity contribution in [2.75, 3.05) is 7.05 Å². The SMILES string of the molecule is CN(Cc1cccc(F)c1)S(=O)(=O)c1cccc(CN)c1. The maximum Gasteiger partial charge on any atom is 0.243 e. The Balaban J connectivity index is 2.26. The molecular formula is C15H17FN2O2S. The summed E-state index contributed by atoms with van der Waals surface area (Å²) < 4.78 is 39.3. The highest BCUT2D eigenvalue weighted by atomic mass is 32.2. The molecule has 0 bridgehead atoms. The highest BCUT2D eigenvalue weighted by molar-refractivity contribution is 7.89. The van der Waals surface area contributed by atoms with E-state index in [1.54, 1.807) is 30.3 Å². The second-order valence-corrected chi connectivity index (χ2v) is 6.79. The molecule has 0 heterocycles. The van der Waals surface area contributed by atoms with E-state index in [2.05, 4.69) is 0 Å². The summed E-state index contributed by atoms with van der Waals surface area (Å²) in [5.74, 6) is -0.386. The molecule has 0 aromatic heterocycles. The van der Waals surface area contributed by atoms with Gasteiger partial charge < -0.3 is 5.73 Å². The minimum absolute atomic E-state index is 0.104. The van der Waals surface area contributed by atoms with Crippen LogP contribution in [0.3, 0.4) is 0 Å². The summed E-state index contributed by atoms with van der Waals surface area (Å²) in [7, 11) is -2.16. The van der Waals surface area contributed by atoms with Gasteiger partial charge in [-0.05, 0) is 35.4 Å². The number of hydrogen-bond acceptors (Lipinski definition) is 3. The predicted octanol–water partition coefficient (Wildman–Crippen LogP) is 2.11. The topological polar surface area (TPSA) is 63.4 Å². The first-order valence-corrected chi connectivity index (χ1v) is 7.87. The van der Waals surface area contributed by atoms with Crippen molar-refractivity contribution in [1.82, 2.24) is 4.31 Å². The standard InChI is InChI=1S/C15H17FN2O2S/c1-18(11-13-5-2-6-14(16)8-13)21(19,20)15-7-3-4-12(9-15)10-17/h2-9H,10-11,17H2,1H3. The zero-order valence-corrected chi connectivity index (χ0v) is 12.5. The number of nitrogens with zero attached hydrogens (tertiary/aromatic N) is 1. The molecule has 0 aliphatic rings. The van der Waals surface area contributed by atoms with Crippen LogP contribution in [-0.4, -0.2) is 19.8 Å². The Hall–Kier alpha value is -1.76. The number of nitrogens with two attached hydrogens (primary N) is 1. The van der Waals surface area contributed by atoms with Gasteiger partial charge in [-0.2, -0.15) is 4.31 Å². The Labute approximate surface area is 124 Å². The number of sulfonamides is 1. The minimum Gasteiger partial charge on any atom is -0.326 e. The Morgan fingerprint density at radius 2 is 1.76 bits per heavy atom. The van der Waals surface area contributed by atoms with Gasteiger partial charge in [0.1, 0.15) is 5.82 Å². The smallest absolute Gasteiger partial charge is 0.243 e. The second kappa shape index (κ2) is 6.34. The Morgan fingerprint density at radius 3 is 2.43 bits per heavy atom. The van der Waals surface area contributed by atoms with Gasteiger partial charge in [0.15, 0.2) is 0 Å². The highest BCUT2D eigenvalue weighted by Gasteiger charge is 2.21. The lowest BCUT2D eigenvalue weighted by atomic mass is 10.2. The van der Waals surface area contributed by atoms with Crippen LogP contribution in [0.2, 0.25) is 0 Å². The molecule has 4 nitrogen and oxygen atoms in total. The van der Waals surface area contributed by atoms with E-state index >= 15 is 0 Å². The molecule has 2 N–H and O–H groups in total. The van der Waals surface area contributed by atoms with Crippen LogP contribution < -0.4 is 5.73 Å². The van der Waals surface area contributed by atoms with Gasteiger partial charge in [-0.25, -0.2) is 12.8 Å². The molecule has 21 heavy (non-hydrogen) atoms. The largest absolute Gasteiger partial charge is 0.326 e. The van der Waals surface area contributed by atoms with E-state index in [1.165, 1.54) is 29.6 Å². The van der Waals surface area contributed by atoms with Crippen molar-refractivity contribution in [1.29, 1.82) is 0 Å². The molecule has 112 valence electrons. The van der Waals surface area contributed by atoms with Crippen LogP contribution in [0.5, 0.6) is 0 Å². The molecule has 0 unspecified atom stereocenters. The monoisotopic (exact) mass is 308 g/mol. The quantitative estimate of drug-likeness (QED) is 0.920. The zero-order chi connectivity index (χ0) is 15.5. The molecule has 0 aliphatic carbocycles. The summed E-state index contributed by atoms with van der Waals surface area (Å²) >= 11 is 0. The molecule has 6 heteroatoms. The first-order chi connectivity index (χ1) is 9.93. The summed E-state index contributed by atoms with van der Waals surface area (Å²) in [6.45, 7) is 0.379. The van der Waals surface area contributed by atoms with Gasteiger partial charge in [0.05, 0.1) is 4.90 Å². The van der Waals surface area contributed by atoms with Gasteiger partial charge in [-0.15, -0.1) is 0 Å². The van der Waals surface area contributed by atoms with Crippen molar-refractivity contribution < 1.29 is 12.8 Å². The van der Waals surface area contributed by atoms with Crippen LogP contribution in [0, 0.1) is 5.82 Å². The third kappa shape index (κ3) is 3.66. The summed E-state index contributed by atoms with van der Waals surface area (Å²) in [5, 5.41) is 0. The molecule has 0 saturated heterocycles. The van der Waals surface area contributed by atoms with Gasteiger partial charge in [0, 0.05) is 20.1 Å². The van der Waals surface area contributed by atoms with Crippen molar-refractivity contribution in [3.8, 4) is 0 Å². The van der Waals surface area contributed by atoms with Crippen LogP contribution in [0.15, 0.2) is 53.4 Å². The van der Waals surface area contributed by atoms with Crippen LogP contribution in [0.1, 0.15) is 11.1 Å². The minimum atomic E-state index is -3.63. The van der Waals surface area contributed by atoms with Gasteiger partial charge in [-0.3, -0.25) is 0 Å². The Morgan fingerprint density at radius 1 is 1.10 bits per heavy atom. The molecule has 2 aromatic rings. The Kier molecular flexibility index (Phi) is 4.72. The second-order valence-electron chi connectivity index (χ2n) is 4.74. The third-order valence-electron chi connectivity index (χ3n) is 3.14. The van der Waals surface area contributed by atoms with E-state index in [9.17, 15) is 12.8 Å². The van der Waals surface area contributed by atoms with Gasteiger partial charge >= 0.3 is 0 Å². The maximum atomic E-state index is 13.2. The first-order valence-electron chi connectivity index (χ1n) is 6.43. The van der Waals surface area contributed by atoms with Crippen LogP contribution >= 0.6 is 0 Å². The van der Waals surface area contributed by atoms with Gasteiger partial charge in [0.2, 0.25) is 10.0 Å². The lowest BCUT2D eigenvalue weighted by Gasteiger charge is -2.17. The average Bonchev–Trinajstić information content (AvgIpc) is 2.47. The third-order valence-corrected chi connectivity index (χ3v) is 4.94. The van der Waals surface area contributed by atoms with Crippen molar-refractivity contribution >= 4 is 10.0 Å². The number of hydrogen-bond donors (Lipinski definition) is 1. The Bertz CT molecular complexity index is 732. The summed E-state index contributed by atoms with van der Waals surface area (Å²) in [4.78, 5) is 0.185. The van der Waals surface area contributed by atoms with Crippen LogP contribution in [0.4, 0.5) is 4.39 Å². The van der Waals surface area contributed by atoms with Crippen molar-refractivity contribution in [3.63, 3.8) is 0 Å². The molecule has 0 aliphatic heterocycles. The number of benzene rings is 2. The first kappa shape index (κ1) is 15.6. The number of rotatable bonds is 5. The van der Waals surface area contributed by atoms with E-state index in [0.717, 1.165) is 5.56 Å². The molecule has 0 amide bonds. The van der Waals surface area contributed by atoms with Gasteiger partial charge in [0.25, 0.3) is 0 Å². The van der Waals surface area contributed by atoms with Crippen LogP contribution in [0.25, 0.3) is 0 Å². The summed E-state index contributed by atoms with van der Waals surface area (Å²) in [5.41, 5.74) is 6.87. The lowest BCUT2D eigenvalue weighted by molar-refractivity contribution is 0.465. The van der Waals surface area contributed by atoms with Crippen molar-refractivity contribution in [2.24, 2.45) is 5.73 Å². The predicted molar refractivity (Wildman–Crippen MR) is 79.4 cm³/mol. The molecular weight excluding hydrogens is 291 g/mol. The molecule has 0 radical (unpaired) electrons. The molecule has 0 atom stereocenters. The fourth-order valence-corrected chi connectivity index (χ4v) is 3.22. The van der Waals surface area contributed by atoms with Crippen molar-refractivity contribution in [2.45, 2.75) is 18.0 Å². The molecule has 0 saturated carbocycles. The van der Waals surface area contributed by atoms with E-state index in [-0.39, 0.29) is 23.8 Å². The number of halogens is 1. The lowest BCUT2D eigenvalue weighted by Crippen LogP contribution is -2.26. The summed E-state index contributed by atoms with van der Waals surface area (Å²) in [6, 6.07) is 12.4. The van der Waals surface area contributed by atoms with Gasteiger partial charge in [-0.1, -0.05) is 24.3 Å². The van der Waals surface area contributed by atoms with E-state index < -0.39 is 10.0 Å². The molecule has 2 aromatic carbocycles.